The summed E-state index contributed by atoms with van der Waals surface area (Å²) in [5.74, 6) is -0.687. The monoisotopic (exact) mass is 503 g/mol. The number of halogens is 7. The van der Waals surface area contributed by atoms with Crippen molar-refractivity contribution in [1.82, 2.24) is 14.8 Å². The minimum absolute atomic E-state index is 0.0115. The second-order valence-corrected chi connectivity index (χ2v) is 7.68. The van der Waals surface area contributed by atoms with E-state index in [0.717, 1.165) is 0 Å². The van der Waals surface area contributed by atoms with Gasteiger partial charge in [-0.05, 0) is 54.3 Å². The van der Waals surface area contributed by atoms with E-state index in [2.05, 4.69) is 15.4 Å². The van der Waals surface area contributed by atoms with Gasteiger partial charge in [-0.1, -0.05) is 13.0 Å². The highest BCUT2D eigenvalue weighted by atomic mass is 19.4. The number of nitrogens with two attached hydrogens (primary N) is 1. The Labute approximate surface area is 195 Å². The van der Waals surface area contributed by atoms with Crippen molar-refractivity contribution in [2.24, 2.45) is 5.73 Å². The van der Waals surface area contributed by atoms with Crippen LogP contribution in [0.25, 0.3) is 5.69 Å². The third kappa shape index (κ3) is 4.72. The highest BCUT2D eigenvalue weighted by Gasteiger charge is 2.73. The molecule has 0 unspecified atom stereocenters. The topological polar surface area (TPSA) is 85.8 Å². The van der Waals surface area contributed by atoms with Gasteiger partial charge in [-0.25, -0.2) is 14.1 Å². The zero-order valence-corrected chi connectivity index (χ0v) is 18.4. The number of alkyl halides is 7. The van der Waals surface area contributed by atoms with Crippen LogP contribution in [-0.2, 0) is 18.6 Å². The number of nitrogens with one attached hydrogen (secondary N) is 1. The predicted molar refractivity (Wildman–Crippen MR) is 113 cm³/mol. The highest BCUT2D eigenvalue weighted by molar-refractivity contribution is 6.05. The molecular weight excluding hydrogens is 483 g/mol. The fourth-order valence-corrected chi connectivity index (χ4v) is 3.64. The second kappa shape index (κ2) is 9.29. The summed E-state index contributed by atoms with van der Waals surface area (Å²) in [6.07, 6.45) is -9.81. The van der Waals surface area contributed by atoms with E-state index in [-0.39, 0.29) is 35.3 Å². The Bertz CT molecular complexity index is 1210. The van der Waals surface area contributed by atoms with Crippen LogP contribution in [0.3, 0.4) is 0 Å². The number of rotatable bonds is 6. The molecule has 188 valence electrons. The van der Waals surface area contributed by atoms with E-state index >= 15 is 0 Å². The molecule has 0 aliphatic rings. The molecule has 0 aliphatic heterocycles. The molecule has 1 amide bonds. The van der Waals surface area contributed by atoms with Crippen molar-refractivity contribution in [2.75, 3.05) is 5.32 Å². The van der Waals surface area contributed by atoms with Gasteiger partial charge in [-0.15, -0.1) is 0 Å². The molecule has 35 heavy (non-hydrogen) atoms. The summed E-state index contributed by atoms with van der Waals surface area (Å²) >= 11 is 0. The van der Waals surface area contributed by atoms with E-state index in [1.165, 1.54) is 43.3 Å². The highest BCUT2D eigenvalue weighted by Crippen LogP contribution is 2.53. The third-order valence-electron chi connectivity index (χ3n) is 5.44. The van der Waals surface area contributed by atoms with E-state index in [0.29, 0.717) is 23.4 Å². The molecule has 3 aromatic rings. The minimum Gasteiger partial charge on any atom is -0.326 e. The number of amides is 1. The van der Waals surface area contributed by atoms with E-state index in [1.54, 1.807) is 6.07 Å². The number of anilines is 1. The third-order valence-corrected chi connectivity index (χ3v) is 5.44. The number of benzene rings is 2. The van der Waals surface area contributed by atoms with Crippen LogP contribution in [0.4, 0.5) is 36.4 Å². The molecule has 3 N–H and O–H groups in total. The fourth-order valence-electron chi connectivity index (χ4n) is 3.64. The number of hydrogen-bond donors (Lipinski definition) is 2. The molecule has 0 radical (unpaired) electrons. The Morgan fingerprint density at radius 2 is 1.69 bits per heavy atom. The molecule has 6 nitrogen and oxygen atoms in total. The van der Waals surface area contributed by atoms with E-state index in [9.17, 15) is 35.5 Å². The number of hydrogen-bond acceptors (Lipinski definition) is 4. The van der Waals surface area contributed by atoms with Gasteiger partial charge < -0.3 is 11.1 Å². The molecule has 1 aromatic heterocycles. The molecule has 3 rings (SSSR count). The largest absolute Gasteiger partial charge is 0.435 e. The van der Waals surface area contributed by atoms with Gasteiger partial charge >= 0.3 is 18.0 Å². The molecule has 0 saturated heterocycles. The molecule has 1 heterocycles. The Balaban J connectivity index is 2.00. The Kier molecular flexibility index (Phi) is 6.93. The van der Waals surface area contributed by atoms with Crippen molar-refractivity contribution >= 4 is 11.6 Å². The van der Waals surface area contributed by atoms with Crippen LogP contribution in [0.5, 0.6) is 0 Å². The van der Waals surface area contributed by atoms with E-state index in [4.69, 9.17) is 5.73 Å². The van der Waals surface area contributed by atoms with Gasteiger partial charge in [0.1, 0.15) is 12.7 Å². The van der Waals surface area contributed by atoms with Gasteiger partial charge in [0, 0.05) is 23.4 Å². The summed E-state index contributed by atoms with van der Waals surface area (Å²) in [5.41, 5.74) is -0.452. The molecular formula is C22H20F7N5O. The summed E-state index contributed by atoms with van der Waals surface area (Å²) in [6.45, 7) is 2.68. The molecule has 0 aliphatic carbocycles. The maximum absolute atomic E-state index is 14.6. The summed E-state index contributed by atoms with van der Waals surface area (Å²) in [7, 11) is 0. The average Bonchev–Trinajstić information content (AvgIpc) is 3.32. The molecule has 0 atom stereocenters. The van der Waals surface area contributed by atoms with E-state index < -0.39 is 29.5 Å². The first-order chi connectivity index (χ1) is 16.2. The molecule has 0 bridgehead atoms. The molecule has 0 spiro atoms. The Morgan fingerprint density at radius 1 is 1.03 bits per heavy atom. The average molecular weight is 503 g/mol. The van der Waals surface area contributed by atoms with Gasteiger partial charge in [0.05, 0.1) is 5.69 Å². The van der Waals surface area contributed by atoms with Crippen LogP contribution in [0.1, 0.15) is 39.5 Å². The van der Waals surface area contributed by atoms with E-state index in [1.807, 2.05) is 0 Å². The van der Waals surface area contributed by atoms with Gasteiger partial charge in [-0.2, -0.15) is 31.4 Å². The van der Waals surface area contributed by atoms with Crippen LogP contribution < -0.4 is 11.1 Å². The quantitative estimate of drug-likeness (QED) is 0.457. The Morgan fingerprint density at radius 3 is 2.20 bits per heavy atom. The van der Waals surface area contributed by atoms with Crippen molar-refractivity contribution in [1.29, 1.82) is 0 Å². The number of aromatic nitrogens is 3. The van der Waals surface area contributed by atoms with Crippen LogP contribution in [0.2, 0.25) is 0 Å². The lowest BCUT2D eigenvalue weighted by atomic mass is 9.89. The molecule has 0 fully saturated rings. The predicted octanol–water partition coefficient (Wildman–Crippen LogP) is 5.14. The summed E-state index contributed by atoms with van der Waals surface area (Å²) in [4.78, 5) is 16.7. The van der Waals surface area contributed by atoms with Crippen molar-refractivity contribution in [3.8, 4) is 5.69 Å². The first-order valence-electron chi connectivity index (χ1n) is 10.2. The van der Waals surface area contributed by atoms with Crippen LogP contribution in [0.15, 0.2) is 43.0 Å². The Hall–Kier alpha value is -3.48. The van der Waals surface area contributed by atoms with Crippen molar-refractivity contribution < 1.29 is 35.5 Å². The zero-order valence-electron chi connectivity index (χ0n) is 18.4. The normalized spacial score (nSPS) is 12.6. The number of nitrogens with zero attached hydrogens (tertiary/aromatic N) is 3. The van der Waals surface area contributed by atoms with Crippen LogP contribution >= 0.6 is 0 Å². The summed E-state index contributed by atoms with van der Waals surface area (Å²) in [6, 6.07) is 5.40. The summed E-state index contributed by atoms with van der Waals surface area (Å²) < 4.78 is 95.2. The van der Waals surface area contributed by atoms with Gasteiger partial charge in [0.25, 0.3) is 5.91 Å². The number of carbonyl (C=O) groups excluding carboxylic acids is 1. The zero-order chi connectivity index (χ0) is 26.2. The summed E-state index contributed by atoms with van der Waals surface area (Å²) in [5, 5.41) is 6.50. The molecule has 13 heteroatoms. The van der Waals surface area contributed by atoms with Crippen molar-refractivity contribution in [3.63, 3.8) is 0 Å². The van der Waals surface area contributed by atoms with Crippen LogP contribution in [0, 0.1) is 6.92 Å². The van der Waals surface area contributed by atoms with Gasteiger partial charge in [0.15, 0.2) is 0 Å². The SMILES string of the molecule is CCc1cc(C(F)(C(F)(F)F)C(F)(F)F)cc(C)c1NC(=O)c1ccc(-n2cncn2)c(CN)c1. The first kappa shape index (κ1) is 26.1. The lowest BCUT2D eigenvalue weighted by Crippen LogP contribution is -2.50. The fraction of sp³-hybridized carbons (Fsp3) is 0.318. The maximum Gasteiger partial charge on any atom is 0.435 e. The first-order valence-corrected chi connectivity index (χ1v) is 10.2. The smallest absolute Gasteiger partial charge is 0.326 e. The van der Waals surface area contributed by atoms with Gasteiger partial charge in [-0.3, -0.25) is 4.79 Å². The lowest BCUT2D eigenvalue weighted by Gasteiger charge is -2.31. The number of aryl methyl sites for hydroxylation is 2. The number of carbonyl (C=O) groups is 1. The second-order valence-electron chi connectivity index (χ2n) is 7.68. The van der Waals surface area contributed by atoms with Gasteiger partial charge in [0.2, 0.25) is 0 Å². The molecule has 2 aromatic carbocycles. The minimum atomic E-state index is -6.24. The maximum atomic E-state index is 14.6. The van der Waals surface area contributed by atoms with Crippen LogP contribution in [-0.4, -0.2) is 33.0 Å². The van der Waals surface area contributed by atoms with Crippen molar-refractivity contribution in [3.05, 3.63) is 70.8 Å². The molecule has 0 saturated carbocycles. The standard InChI is InChI=1S/C22H20F7N5O/c1-3-13-8-16(20(23,21(24,25)26)22(27,28)29)6-12(2)18(13)33-19(35)14-4-5-17(15(7-14)9-30)34-11-31-10-32-34/h4-8,10-11H,3,9,30H2,1-2H3,(H,33,35). The lowest BCUT2D eigenvalue weighted by molar-refractivity contribution is -0.348. The van der Waals surface area contributed by atoms with Crippen molar-refractivity contribution in [2.45, 2.75) is 44.8 Å².